The van der Waals surface area contributed by atoms with Gasteiger partial charge >= 0.3 is 5.97 Å². The lowest BCUT2D eigenvalue weighted by molar-refractivity contribution is 0.0694. The fraction of sp³-hybridized carbons (Fsp3) is 0.320. The number of aromatic nitrogens is 1. The lowest BCUT2D eigenvalue weighted by atomic mass is 10.1. The average molecular weight is 407 g/mol. The number of aryl methyl sites for hydroxylation is 2. The number of aromatic carboxylic acids is 1. The molecular weight excluding hydrogens is 376 g/mol. The molecule has 3 rings (SSSR count). The Hall–Kier alpha value is -3.05. The van der Waals surface area contributed by atoms with Crippen LogP contribution >= 0.6 is 0 Å². The van der Waals surface area contributed by atoms with Crippen LogP contribution in [0.3, 0.4) is 0 Å². The molecule has 1 heterocycles. The highest BCUT2D eigenvalue weighted by atomic mass is 16.5. The Morgan fingerprint density at radius 3 is 2.33 bits per heavy atom. The first kappa shape index (κ1) is 21.7. The Morgan fingerprint density at radius 1 is 1.00 bits per heavy atom. The van der Waals surface area contributed by atoms with Gasteiger partial charge in [0.05, 0.1) is 12.7 Å². The molecule has 0 saturated heterocycles. The molecule has 0 amide bonds. The summed E-state index contributed by atoms with van der Waals surface area (Å²) in [6, 6.07) is 14.3. The molecule has 0 aliphatic heterocycles. The van der Waals surface area contributed by atoms with Crippen molar-refractivity contribution in [1.82, 2.24) is 9.88 Å². The molecule has 0 saturated carbocycles. The third kappa shape index (κ3) is 4.57. The number of ether oxygens (including phenoxy) is 1. The van der Waals surface area contributed by atoms with Crippen LogP contribution in [-0.2, 0) is 19.6 Å². The smallest absolute Gasteiger partial charge is 0.337 e. The number of hydrogen-bond donors (Lipinski definition) is 2. The van der Waals surface area contributed by atoms with Gasteiger partial charge in [-0.1, -0.05) is 35.9 Å². The van der Waals surface area contributed by atoms with Crippen molar-refractivity contribution in [2.24, 2.45) is 0 Å². The lowest BCUT2D eigenvalue weighted by Gasteiger charge is -2.13. The van der Waals surface area contributed by atoms with Crippen LogP contribution in [0.15, 0.2) is 42.5 Å². The molecule has 0 bridgehead atoms. The minimum atomic E-state index is -0.878. The zero-order chi connectivity index (χ0) is 21.8. The molecule has 0 fully saturated rings. The number of nitrogens with one attached hydrogen (secondary N) is 1. The molecule has 158 valence electrons. The maximum Gasteiger partial charge on any atom is 0.337 e. The molecule has 2 N–H and O–H groups in total. The molecule has 0 radical (unpaired) electrons. The van der Waals surface area contributed by atoms with Crippen LogP contribution in [0.25, 0.3) is 0 Å². The summed E-state index contributed by atoms with van der Waals surface area (Å²) in [5, 5.41) is 13.3. The summed E-state index contributed by atoms with van der Waals surface area (Å²) in [5.74, 6) is -0.0570. The monoisotopic (exact) mass is 406 g/mol. The Balaban J connectivity index is 1.83. The first-order valence-electron chi connectivity index (χ1n) is 10.1. The van der Waals surface area contributed by atoms with Crippen LogP contribution in [-0.4, -0.2) is 22.8 Å². The third-order valence-corrected chi connectivity index (χ3v) is 5.75. The predicted molar refractivity (Wildman–Crippen MR) is 119 cm³/mol. The van der Waals surface area contributed by atoms with Gasteiger partial charge in [-0.15, -0.1) is 0 Å². The molecule has 0 aliphatic rings. The minimum Gasteiger partial charge on any atom is -0.497 e. The highest BCUT2D eigenvalue weighted by molar-refractivity contribution is 5.91. The summed E-state index contributed by atoms with van der Waals surface area (Å²) in [4.78, 5) is 12.0. The summed E-state index contributed by atoms with van der Waals surface area (Å²) in [7, 11) is 1.65. The van der Waals surface area contributed by atoms with Crippen LogP contribution in [0.1, 0.15) is 49.6 Å². The minimum absolute atomic E-state index is 0.403. The van der Waals surface area contributed by atoms with E-state index >= 15 is 0 Å². The van der Waals surface area contributed by atoms with Crippen molar-refractivity contribution in [3.8, 4) is 5.75 Å². The highest BCUT2D eigenvalue weighted by Crippen LogP contribution is 2.25. The van der Waals surface area contributed by atoms with Gasteiger partial charge in [0.1, 0.15) is 5.75 Å². The molecule has 1 aromatic heterocycles. The van der Waals surface area contributed by atoms with Crippen molar-refractivity contribution >= 4 is 5.97 Å². The largest absolute Gasteiger partial charge is 0.497 e. The van der Waals surface area contributed by atoms with Gasteiger partial charge in [0, 0.05) is 36.6 Å². The van der Waals surface area contributed by atoms with E-state index in [9.17, 15) is 9.90 Å². The van der Waals surface area contributed by atoms with Gasteiger partial charge in [0.15, 0.2) is 0 Å². The quantitative estimate of drug-likeness (QED) is 0.566. The van der Waals surface area contributed by atoms with Crippen LogP contribution in [0.5, 0.6) is 5.75 Å². The van der Waals surface area contributed by atoms with E-state index in [4.69, 9.17) is 4.74 Å². The number of carboxylic acid groups (broad SMARTS) is 1. The maximum absolute atomic E-state index is 12.0. The lowest BCUT2D eigenvalue weighted by Crippen LogP contribution is -2.15. The molecular formula is C25H30N2O3. The van der Waals surface area contributed by atoms with Crippen molar-refractivity contribution < 1.29 is 14.6 Å². The SMILES string of the molecule is COc1ccc(CNCc2c(C(=O)O)c(C)n(Cc3cc(C)ccc3C)c2C)cc1. The first-order valence-corrected chi connectivity index (χ1v) is 10.1. The van der Waals surface area contributed by atoms with E-state index in [2.05, 4.69) is 41.9 Å². The predicted octanol–water partition coefficient (Wildman–Crippen LogP) is 4.77. The number of benzene rings is 2. The molecule has 5 heteroatoms. The summed E-state index contributed by atoms with van der Waals surface area (Å²) in [6.07, 6.45) is 0. The topological polar surface area (TPSA) is 63.5 Å². The first-order chi connectivity index (χ1) is 14.3. The number of hydrogen-bond acceptors (Lipinski definition) is 3. The van der Waals surface area contributed by atoms with Gasteiger partial charge < -0.3 is 19.7 Å². The van der Waals surface area contributed by atoms with E-state index in [0.29, 0.717) is 25.2 Å². The molecule has 5 nitrogen and oxygen atoms in total. The van der Waals surface area contributed by atoms with Gasteiger partial charge in [0.2, 0.25) is 0 Å². The fourth-order valence-corrected chi connectivity index (χ4v) is 3.90. The van der Waals surface area contributed by atoms with E-state index < -0.39 is 5.97 Å². The number of carbonyl (C=O) groups is 1. The van der Waals surface area contributed by atoms with Crippen LogP contribution in [0.4, 0.5) is 0 Å². The molecule has 30 heavy (non-hydrogen) atoms. The third-order valence-electron chi connectivity index (χ3n) is 5.75. The molecule has 0 unspecified atom stereocenters. The van der Waals surface area contributed by atoms with Gasteiger partial charge in [-0.05, 0) is 56.5 Å². The van der Waals surface area contributed by atoms with E-state index in [0.717, 1.165) is 28.3 Å². The van der Waals surface area contributed by atoms with Crippen LogP contribution in [0.2, 0.25) is 0 Å². The number of nitrogens with zero attached hydrogens (tertiary/aromatic N) is 1. The van der Waals surface area contributed by atoms with E-state index in [1.165, 1.54) is 16.7 Å². The Bertz CT molecular complexity index is 1050. The van der Waals surface area contributed by atoms with Crippen molar-refractivity contribution in [3.63, 3.8) is 0 Å². The van der Waals surface area contributed by atoms with Gasteiger partial charge in [0.25, 0.3) is 0 Å². The van der Waals surface area contributed by atoms with Gasteiger partial charge in [-0.3, -0.25) is 0 Å². The fourth-order valence-electron chi connectivity index (χ4n) is 3.90. The molecule has 2 aromatic carbocycles. The van der Waals surface area contributed by atoms with Crippen molar-refractivity contribution in [3.05, 3.63) is 87.2 Å². The standard InChI is InChI=1S/C25H30N2O3/c1-16-6-7-17(2)21(12-16)15-27-18(3)23(24(19(27)4)25(28)29)14-26-13-20-8-10-22(30-5)11-9-20/h6-12,26H,13-15H2,1-5H3,(H,28,29). The van der Waals surface area contributed by atoms with Crippen molar-refractivity contribution in [2.45, 2.75) is 47.3 Å². The van der Waals surface area contributed by atoms with Crippen molar-refractivity contribution in [2.75, 3.05) is 7.11 Å². The second-order valence-corrected chi connectivity index (χ2v) is 7.80. The average Bonchev–Trinajstić information content (AvgIpc) is 2.95. The number of carboxylic acids is 1. The summed E-state index contributed by atoms with van der Waals surface area (Å²) < 4.78 is 7.31. The molecule has 0 aliphatic carbocycles. The molecule has 0 spiro atoms. The Labute approximate surface area is 178 Å². The summed E-state index contributed by atoms with van der Waals surface area (Å²) in [6.45, 7) is 9.91. The highest BCUT2D eigenvalue weighted by Gasteiger charge is 2.22. The van der Waals surface area contributed by atoms with Gasteiger partial charge in [-0.2, -0.15) is 0 Å². The van der Waals surface area contributed by atoms with Crippen LogP contribution in [0, 0.1) is 27.7 Å². The maximum atomic E-state index is 12.0. The van der Waals surface area contributed by atoms with E-state index in [1.807, 2.05) is 38.1 Å². The van der Waals surface area contributed by atoms with Gasteiger partial charge in [-0.25, -0.2) is 4.79 Å². The van der Waals surface area contributed by atoms with Crippen molar-refractivity contribution in [1.29, 1.82) is 0 Å². The zero-order valence-corrected chi connectivity index (χ0v) is 18.4. The Kier molecular flexibility index (Phi) is 6.63. The van der Waals surface area contributed by atoms with E-state index in [-0.39, 0.29) is 0 Å². The van der Waals surface area contributed by atoms with E-state index in [1.54, 1.807) is 7.11 Å². The zero-order valence-electron chi connectivity index (χ0n) is 18.4. The molecule has 0 atom stereocenters. The second-order valence-electron chi connectivity index (χ2n) is 7.80. The Morgan fingerprint density at radius 2 is 1.70 bits per heavy atom. The van der Waals surface area contributed by atoms with Crippen LogP contribution < -0.4 is 10.1 Å². The number of methoxy groups -OCH3 is 1. The molecule has 3 aromatic rings. The normalized spacial score (nSPS) is 11.0. The second kappa shape index (κ2) is 9.18. The summed E-state index contributed by atoms with van der Waals surface area (Å²) in [5.41, 5.74) is 7.79. The number of rotatable bonds is 8. The summed E-state index contributed by atoms with van der Waals surface area (Å²) >= 11 is 0.